The maximum atomic E-state index is 9.07. The average Bonchev–Trinajstić information content (AvgIpc) is 2.46. The van der Waals surface area contributed by atoms with E-state index >= 15 is 0 Å². The van der Waals surface area contributed by atoms with Crippen LogP contribution in [0.1, 0.15) is 25.5 Å². The molecule has 0 spiro atoms. The zero-order valence-electron chi connectivity index (χ0n) is 12.2. The van der Waals surface area contributed by atoms with Crippen molar-refractivity contribution in [1.82, 2.24) is 15.2 Å². The van der Waals surface area contributed by atoms with Gasteiger partial charge in [-0.25, -0.2) is 0 Å². The van der Waals surface area contributed by atoms with Crippen LogP contribution >= 0.6 is 0 Å². The van der Waals surface area contributed by atoms with Crippen molar-refractivity contribution in [2.45, 2.75) is 31.7 Å². The minimum absolute atomic E-state index is 0.401. The number of nitrogens with one attached hydrogen (secondary N) is 1. The summed E-state index contributed by atoms with van der Waals surface area (Å²) in [4.78, 5) is 6.61. The van der Waals surface area contributed by atoms with Gasteiger partial charge in [0.05, 0.1) is 6.07 Å². The maximum absolute atomic E-state index is 9.07. The van der Waals surface area contributed by atoms with Crippen LogP contribution in [0, 0.1) is 11.3 Å². The molecule has 4 nitrogen and oxygen atoms in total. The van der Waals surface area contributed by atoms with Crippen LogP contribution in [0.5, 0.6) is 0 Å². The zero-order valence-corrected chi connectivity index (χ0v) is 12.2. The molecule has 0 aliphatic heterocycles. The number of nitrogens with zero attached hydrogens (tertiary/aromatic N) is 3. The first-order valence-electron chi connectivity index (χ1n) is 6.78. The highest BCUT2D eigenvalue weighted by atomic mass is 15.1. The van der Waals surface area contributed by atoms with Gasteiger partial charge in [-0.1, -0.05) is 6.07 Å². The van der Waals surface area contributed by atoms with Gasteiger partial charge in [0.25, 0.3) is 0 Å². The maximum Gasteiger partial charge on any atom is 0.103 e. The second-order valence-electron chi connectivity index (χ2n) is 5.17. The summed E-state index contributed by atoms with van der Waals surface area (Å²) < 4.78 is 0. The summed E-state index contributed by atoms with van der Waals surface area (Å²) in [7, 11) is 3.96. The van der Waals surface area contributed by atoms with Crippen LogP contribution in [-0.2, 0) is 6.42 Å². The molecular formula is C15H24N4. The molecule has 1 heterocycles. The smallest absolute Gasteiger partial charge is 0.103 e. The highest BCUT2D eigenvalue weighted by molar-refractivity contribution is 5.04. The Morgan fingerprint density at radius 1 is 1.42 bits per heavy atom. The molecule has 0 bridgehead atoms. The van der Waals surface area contributed by atoms with Crippen LogP contribution in [-0.4, -0.2) is 42.6 Å². The summed E-state index contributed by atoms with van der Waals surface area (Å²) in [5.74, 6) is 0. The number of aromatic nitrogens is 1. The molecule has 4 heteroatoms. The third-order valence-electron chi connectivity index (χ3n) is 3.49. The van der Waals surface area contributed by atoms with Gasteiger partial charge in [-0.3, -0.25) is 4.98 Å². The van der Waals surface area contributed by atoms with E-state index in [1.54, 1.807) is 0 Å². The first-order valence-corrected chi connectivity index (χ1v) is 6.78. The summed E-state index contributed by atoms with van der Waals surface area (Å²) in [5.41, 5.74) is 0.730. The topological polar surface area (TPSA) is 52.0 Å². The van der Waals surface area contributed by atoms with Crippen LogP contribution in [0.25, 0.3) is 0 Å². The monoisotopic (exact) mass is 260 g/mol. The summed E-state index contributed by atoms with van der Waals surface area (Å²) in [6, 6.07) is 8.34. The van der Waals surface area contributed by atoms with Crippen LogP contribution in [0.3, 0.4) is 0 Å². The third kappa shape index (κ3) is 5.82. The zero-order chi connectivity index (χ0) is 14.1. The molecule has 1 unspecified atom stereocenters. The molecule has 0 saturated carbocycles. The van der Waals surface area contributed by atoms with Crippen molar-refractivity contribution in [3.63, 3.8) is 0 Å². The van der Waals surface area contributed by atoms with Crippen molar-refractivity contribution < 1.29 is 0 Å². The van der Waals surface area contributed by atoms with Crippen molar-refractivity contribution in [1.29, 1.82) is 5.26 Å². The van der Waals surface area contributed by atoms with Crippen molar-refractivity contribution in [2.24, 2.45) is 0 Å². The van der Waals surface area contributed by atoms with E-state index in [9.17, 15) is 0 Å². The molecule has 1 aromatic rings. The molecule has 0 radical (unpaired) electrons. The van der Waals surface area contributed by atoms with Gasteiger partial charge < -0.3 is 10.2 Å². The SMILES string of the molecule is CNC(C)(C#N)CCCN(C)CCc1ccccn1. The molecule has 19 heavy (non-hydrogen) atoms. The van der Waals surface area contributed by atoms with E-state index in [1.807, 2.05) is 32.3 Å². The van der Waals surface area contributed by atoms with Gasteiger partial charge in [0, 0.05) is 24.9 Å². The van der Waals surface area contributed by atoms with Crippen LogP contribution in [0.2, 0.25) is 0 Å². The lowest BCUT2D eigenvalue weighted by Crippen LogP contribution is -2.38. The van der Waals surface area contributed by atoms with Gasteiger partial charge in [0.15, 0.2) is 0 Å². The molecule has 0 aliphatic rings. The Morgan fingerprint density at radius 3 is 2.79 bits per heavy atom. The van der Waals surface area contributed by atoms with Gasteiger partial charge in [0.1, 0.15) is 5.54 Å². The largest absolute Gasteiger partial charge is 0.306 e. The number of hydrogen-bond acceptors (Lipinski definition) is 4. The molecule has 1 N–H and O–H groups in total. The Balaban J connectivity index is 2.22. The lowest BCUT2D eigenvalue weighted by atomic mass is 9.98. The predicted octanol–water partition coefficient (Wildman–Crippen LogP) is 1.84. The molecule has 1 atom stereocenters. The number of likely N-dealkylation sites (N-methyl/N-ethyl adjacent to an activating group) is 1. The van der Waals surface area contributed by atoms with Crippen molar-refractivity contribution in [3.05, 3.63) is 30.1 Å². The highest BCUT2D eigenvalue weighted by Crippen LogP contribution is 2.10. The van der Waals surface area contributed by atoms with Gasteiger partial charge in [-0.05, 0) is 52.5 Å². The fourth-order valence-corrected chi connectivity index (χ4v) is 1.90. The van der Waals surface area contributed by atoms with E-state index < -0.39 is 5.54 Å². The van der Waals surface area contributed by atoms with Gasteiger partial charge in [0.2, 0.25) is 0 Å². The molecule has 104 valence electrons. The number of hydrogen-bond donors (Lipinski definition) is 1. The van der Waals surface area contributed by atoms with Crippen molar-refractivity contribution in [2.75, 3.05) is 27.2 Å². The fourth-order valence-electron chi connectivity index (χ4n) is 1.90. The number of rotatable bonds is 8. The molecule has 0 aromatic carbocycles. The third-order valence-corrected chi connectivity index (χ3v) is 3.49. The number of nitriles is 1. The Bertz CT molecular complexity index is 398. The summed E-state index contributed by atoms with van der Waals surface area (Å²) in [6.45, 7) is 3.95. The lowest BCUT2D eigenvalue weighted by molar-refractivity contribution is 0.311. The van der Waals surface area contributed by atoms with E-state index in [-0.39, 0.29) is 0 Å². The first-order chi connectivity index (χ1) is 9.09. The second kappa shape index (κ2) is 7.88. The molecule has 0 saturated heterocycles. The minimum atomic E-state index is -0.401. The summed E-state index contributed by atoms with van der Waals surface area (Å²) >= 11 is 0. The normalized spacial score (nSPS) is 14.1. The predicted molar refractivity (Wildman–Crippen MR) is 77.7 cm³/mol. The Hall–Kier alpha value is -1.44. The van der Waals surface area contributed by atoms with E-state index in [1.165, 1.54) is 0 Å². The Kier molecular flexibility index (Phi) is 6.48. The summed E-state index contributed by atoms with van der Waals surface area (Å²) in [5, 5.41) is 12.1. The van der Waals surface area contributed by atoms with Crippen molar-refractivity contribution in [3.8, 4) is 6.07 Å². The standard InChI is InChI=1S/C15H24N4/c1-15(13-16,17-2)9-6-11-19(3)12-8-14-7-4-5-10-18-14/h4-5,7,10,17H,6,8-9,11-12H2,1-3H3. The molecular weight excluding hydrogens is 236 g/mol. The molecule has 0 fully saturated rings. The molecule has 1 rings (SSSR count). The van der Waals surface area contributed by atoms with Gasteiger partial charge in [-0.2, -0.15) is 5.26 Å². The molecule has 0 amide bonds. The van der Waals surface area contributed by atoms with Crippen LogP contribution in [0.15, 0.2) is 24.4 Å². The van der Waals surface area contributed by atoms with E-state index in [0.717, 1.165) is 38.0 Å². The average molecular weight is 260 g/mol. The second-order valence-corrected chi connectivity index (χ2v) is 5.17. The van der Waals surface area contributed by atoms with E-state index in [0.29, 0.717) is 0 Å². The summed E-state index contributed by atoms with van der Waals surface area (Å²) in [6.07, 6.45) is 4.69. The number of pyridine rings is 1. The minimum Gasteiger partial charge on any atom is -0.306 e. The van der Waals surface area contributed by atoms with Crippen molar-refractivity contribution >= 4 is 0 Å². The Labute approximate surface area is 116 Å². The van der Waals surface area contributed by atoms with Gasteiger partial charge >= 0.3 is 0 Å². The fraction of sp³-hybridized carbons (Fsp3) is 0.600. The first kappa shape index (κ1) is 15.6. The van der Waals surface area contributed by atoms with E-state index in [2.05, 4.69) is 34.4 Å². The molecule has 1 aromatic heterocycles. The molecule has 0 aliphatic carbocycles. The van der Waals surface area contributed by atoms with Crippen LogP contribution in [0.4, 0.5) is 0 Å². The quantitative estimate of drug-likeness (QED) is 0.775. The van der Waals surface area contributed by atoms with E-state index in [4.69, 9.17) is 5.26 Å². The van der Waals surface area contributed by atoms with Crippen LogP contribution < -0.4 is 5.32 Å². The Morgan fingerprint density at radius 2 is 2.21 bits per heavy atom. The lowest BCUT2D eigenvalue weighted by Gasteiger charge is -2.22. The highest BCUT2D eigenvalue weighted by Gasteiger charge is 2.20. The van der Waals surface area contributed by atoms with Gasteiger partial charge in [-0.15, -0.1) is 0 Å².